The van der Waals surface area contributed by atoms with Gasteiger partial charge in [-0.25, -0.2) is 0 Å². The van der Waals surface area contributed by atoms with Crippen molar-refractivity contribution < 1.29 is 14.6 Å². The van der Waals surface area contributed by atoms with Gasteiger partial charge in [-0.2, -0.15) is 0 Å². The fourth-order valence-electron chi connectivity index (χ4n) is 2.01. The van der Waals surface area contributed by atoms with Crippen molar-refractivity contribution in [1.29, 1.82) is 0 Å². The summed E-state index contributed by atoms with van der Waals surface area (Å²) in [4.78, 5) is 10.6. The van der Waals surface area contributed by atoms with E-state index >= 15 is 0 Å². The number of carbonyl (C=O) groups is 1. The molecule has 1 heterocycles. The van der Waals surface area contributed by atoms with Gasteiger partial charge in [-0.05, 0) is 19.3 Å². The van der Waals surface area contributed by atoms with Gasteiger partial charge in [-0.1, -0.05) is 13.3 Å². The number of hydrogen-bond donors (Lipinski definition) is 2. The van der Waals surface area contributed by atoms with Crippen molar-refractivity contribution in [3.8, 4) is 0 Å². The summed E-state index contributed by atoms with van der Waals surface area (Å²) < 4.78 is 5.52. The molecule has 14 heavy (non-hydrogen) atoms. The highest BCUT2D eigenvalue weighted by Gasteiger charge is 2.34. The van der Waals surface area contributed by atoms with E-state index in [1.54, 1.807) is 0 Å². The van der Waals surface area contributed by atoms with E-state index < -0.39 is 11.5 Å². The summed E-state index contributed by atoms with van der Waals surface area (Å²) in [5, 5.41) is 8.73. The van der Waals surface area contributed by atoms with Crippen molar-refractivity contribution in [2.24, 2.45) is 5.73 Å². The maximum absolute atomic E-state index is 10.6. The molecule has 1 aliphatic heterocycles. The molecule has 4 nitrogen and oxygen atoms in total. The molecule has 82 valence electrons. The second-order valence-electron chi connectivity index (χ2n) is 4.17. The van der Waals surface area contributed by atoms with Gasteiger partial charge < -0.3 is 15.6 Å². The predicted molar refractivity (Wildman–Crippen MR) is 53.1 cm³/mol. The molecule has 1 fully saturated rings. The molecule has 0 bridgehead atoms. The smallest absolute Gasteiger partial charge is 0.305 e. The van der Waals surface area contributed by atoms with Crippen LogP contribution in [0.2, 0.25) is 0 Å². The predicted octanol–water partition coefficient (Wildman–Crippen LogP) is 1.14. The molecule has 0 aliphatic carbocycles. The van der Waals surface area contributed by atoms with Crippen LogP contribution in [-0.4, -0.2) is 29.3 Å². The third kappa shape index (κ3) is 3.27. The highest BCUT2D eigenvalue weighted by molar-refractivity contribution is 5.68. The number of carboxylic acids is 1. The summed E-state index contributed by atoms with van der Waals surface area (Å²) in [6, 6.07) is 0. The van der Waals surface area contributed by atoms with E-state index in [0.29, 0.717) is 19.4 Å². The van der Waals surface area contributed by atoms with Crippen molar-refractivity contribution >= 4 is 5.97 Å². The molecular formula is C10H19NO3. The maximum Gasteiger partial charge on any atom is 0.305 e. The van der Waals surface area contributed by atoms with E-state index in [4.69, 9.17) is 15.6 Å². The molecule has 0 spiro atoms. The minimum absolute atomic E-state index is 0.0522. The zero-order valence-electron chi connectivity index (χ0n) is 8.66. The van der Waals surface area contributed by atoms with Gasteiger partial charge in [-0.3, -0.25) is 4.79 Å². The van der Waals surface area contributed by atoms with Crippen LogP contribution in [0.4, 0.5) is 0 Å². The zero-order chi connectivity index (χ0) is 10.6. The topological polar surface area (TPSA) is 72.6 Å². The number of aliphatic carboxylic acids is 1. The Hall–Kier alpha value is -0.610. The molecule has 0 aromatic carbocycles. The normalized spacial score (nSPS) is 32.9. The van der Waals surface area contributed by atoms with Crippen LogP contribution in [0.5, 0.6) is 0 Å². The first-order chi connectivity index (χ1) is 6.56. The molecule has 0 aromatic heterocycles. The van der Waals surface area contributed by atoms with Crippen molar-refractivity contribution in [1.82, 2.24) is 0 Å². The van der Waals surface area contributed by atoms with Crippen molar-refractivity contribution in [3.05, 3.63) is 0 Å². The third-order valence-electron chi connectivity index (χ3n) is 2.70. The Morgan fingerprint density at radius 1 is 1.71 bits per heavy atom. The first-order valence-electron chi connectivity index (χ1n) is 5.18. The Kier molecular flexibility index (Phi) is 3.89. The monoisotopic (exact) mass is 201 g/mol. The quantitative estimate of drug-likeness (QED) is 0.715. The maximum atomic E-state index is 10.6. The molecule has 2 unspecified atom stereocenters. The second kappa shape index (κ2) is 4.75. The fourth-order valence-corrected chi connectivity index (χ4v) is 2.01. The van der Waals surface area contributed by atoms with E-state index in [9.17, 15) is 4.79 Å². The number of rotatable bonds is 4. The second-order valence-corrected chi connectivity index (χ2v) is 4.17. The van der Waals surface area contributed by atoms with E-state index in [2.05, 4.69) is 6.92 Å². The zero-order valence-corrected chi connectivity index (χ0v) is 8.66. The van der Waals surface area contributed by atoms with Crippen LogP contribution in [0, 0.1) is 0 Å². The Bertz CT molecular complexity index is 206. The first-order valence-corrected chi connectivity index (χ1v) is 5.18. The summed E-state index contributed by atoms with van der Waals surface area (Å²) in [6.45, 7) is 2.68. The number of ether oxygens (including phenoxy) is 1. The molecule has 0 radical (unpaired) electrons. The number of carboxylic acid groups (broad SMARTS) is 1. The van der Waals surface area contributed by atoms with Crippen LogP contribution in [0.3, 0.4) is 0 Å². The summed E-state index contributed by atoms with van der Waals surface area (Å²) in [5.74, 6) is -0.815. The van der Waals surface area contributed by atoms with E-state index in [-0.39, 0.29) is 12.5 Å². The Balaban J connectivity index is 2.48. The lowest BCUT2D eigenvalue weighted by atomic mass is 9.83. The van der Waals surface area contributed by atoms with E-state index in [0.717, 1.165) is 12.8 Å². The molecule has 0 saturated carbocycles. The molecular weight excluding hydrogens is 182 g/mol. The lowest BCUT2D eigenvalue weighted by Gasteiger charge is -2.37. The van der Waals surface area contributed by atoms with Crippen LogP contribution in [-0.2, 0) is 9.53 Å². The van der Waals surface area contributed by atoms with E-state index in [1.807, 2.05) is 0 Å². The molecule has 1 aliphatic rings. The first kappa shape index (κ1) is 11.5. The lowest BCUT2D eigenvalue weighted by molar-refractivity contribution is -0.140. The Morgan fingerprint density at radius 2 is 2.43 bits per heavy atom. The molecule has 2 atom stereocenters. The molecule has 1 rings (SSSR count). The molecule has 3 N–H and O–H groups in total. The van der Waals surface area contributed by atoms with Gasteiger partial charge >= 0.3 is 5.97 Å². The van der Waals surface area contributed by atoms with Gasteiger partial charge in [0.15, 0.2) is 0 Å². The molecule has 0 aromatic rings. The van der Waals surface area contributed by atoms with Gasteiger partial charge in [0.05, 0.1) is 12.5 Å². The largest absolute Gasteiger partial charge is 0.481 e. The van der Waals surface area contributed by atoms with Gasteiger partial charge in [0.1, 0.15) is 0 Å². The highest BCUT2D eigenvalue weighted by atomic mass is 16.5. The summed E-state index contributed by atoms with van der Waals surface area (Å²) in [5.41, 5.74) is 5.47. The van der Waals surface area contributed by atoms with E-state index in [1.165, 1.54) is 0 Å². The van der Waals surface area contributed by atoms with Crippen LogP contribution in [0.1, 0.15) is 39.0 Å². The standard InChI is InChI=1S/C10H19NO3/c1-2-3-8-6-10(11,4-5-14-8)7-9(12)13/h8H,2-7,11H2,1H3,(H,12,13). The number of hydrogen-bond acceptors (Lipinski definition) is 3. The highest BCUT2D eigenvalue weighted by Crippen LogP contribution is 2.27. The minimum Gasteiger partial charge on any atom is -0.481 e. The Morgan fingerprint density at radius 3 is 3.00 bits per heavy atom. The van der Waals surface area contributed by atoms with Gasteiger partial charge in [0, 0.05) is 12.1 Å². The van der Waals surface area contributed by atoms with Crippen LogP contribution in [0.25, 0.3) is 0 Å². The van der Waals surface area contributed by atoms with Gasteiger partial charge in [0.2, 0.25) is 0 Å². The van der Waals surface area contributed by atoms with Gasteiger partial charge in [0.25, 0.3) is 0 Å². The average molecular weight is 201 g/mol. The van der Waals surface area contributed by atoms with Crippen LogP contribution in [0.15, 0.2) is 0 Å². The van der Waals surface area contributed by atoms with Gasteiger partial charge in [-0.15, -0.1) is 0 Å². The van der Waals surface area contributed by atoms with Crippen LogP contribution >= 0.6 is 0 Å². The average Bonchev–Trinajstić information content (AvgIpc) is 2.01. The minimum atomic E-state index is -0.815. The lowest BCUT2D eigenvalue weighted by Crippen LogP contribution is -2.49. The fraction of sp³-hybridized carbons (Fsp3) is 0.900. The summed E-state index contributed by atoms with van der Waals surface area (Å²) >= 11 is 0. The summed E-state index contributed by atoms with van der Waals surface area (Å²) in [7, 11) is 0. The van der Waals surface area contributed by atoms with Crippen molar-refractivity contribution in [2.75, 3.05) is 6.61 Å². The third-order valence-corrected chi connectivity index (χ3v) is 2.70. The summed E-state index contributed by atoms with van der Waals surface area (Å²) in [6.07, 6.45) is 3.55. The SMILES string of the molecule is CCCC1CC(N)(CC(=O)O)CCO1. The van der Waals surface area contributed by atoms with Crippen molar-refractivity contribution in [2.45, 2.75) is 50.7 Å². The van der Waals surface area contributed by atoms with Crippen molar-refractivity contribution in [3.63, 3.8) is 0 Å². The number of nitrogens with two attached hydrogens (primary N) is 1. The molecule has 4 heteroatoms. The van der Waals surface area contributed by atoms with Crippen LogP contribution < -0.4 is 5.73 Å². The molecule has 1 saturated heterocycles. The Labute approximate surface area is 84.4 Å². The molecule has 0 amide bonds.